The number of thiazole rings is 1. The van der Waals surface area contributed by atoms with Gasteiger partial charge in [0.2, 0.25) is 5.91 Å². The number of rotatable bonds is 5. The van der Waals surface area contributed by atoms with Crippen LogP contribution in [-0.2, 0) is 4.79 Å². The van der Waals surface area contributed by atoms with Crippen molar-refractivity contribution in [3.05, 3.63) is 42.3 Å². The van der Waals surface area contributed by atoms with E-state index in [4.69, 9.17) is 0 Å². The summed E-state index contributed by atoms with van der Waals surface area (Å²) in [5.74, 6) is 0.207. The highest BCUT2D eigenvalue weighted by atomic mass is 32.1. The van der Waals surface area contributed by atoms with E-state index in [0.29, 0.717) is 13.0 Å². The molecular weight excluding hydrogens is 282 g/mol. The second-order valence-corrected chi connectivity index (χ2v) is 5.76. The largest absolute Gasteiger partial charge is 0.358 e. The molecule has 3 rings (SSSR count). The molecule has 21 heavy (non-hydrogen) atoms. The number of aromatic nitrogens is 1. The van der Waals surface area contributed by atoms with E-state index in [9.17, 15) is 4.79 Å². The number of nitrogens with zero attached hydrogens (tertiary/aromatic N) is 2. The van der Waals surface area contributed by atoms with Gasteiger partial charge in [-0.15, -0.1) is 17.9 Å². The zero-order chi connectivity index (χ0) is 14.7. The fourth-order valence-electron chi connectivity index (χ4n) is 2.40. The summed E-state index contributed by atoms with van der Waals surface area (Å²) >= 11 is 1.57. The van der Waals surface area contributed by atoms with Gasteiger partial charge < -0.3 is 10.2 Å². The van der Waals surface area contributed by atoms with E-state index in [1.165, 1.54) is 0 Å². The van der Waals surface area contributed by atoms with Crippen molar-refractivity contribution in [1.29, 1.82) is 0 Å². The molecule has 1 aliphatic heterocycles. The van der Waals surface area contributed by atoms with Gasteiger partial charge in [-0.1, -0.05) is 18.2 Å². The number of carbonyl (C=O) groups is 1. The molecule has 0 radical (unpaired) electrons. The standard InChI is InChI=1S/C16H17N3OS/c1-2-8-17-16-18-14(11-21-16)12-5-3-6-13(10-12)19-9-4-7-15(19)20/h2-3,5-6,10-11H,1,4,7-9H2,(H,17,18). The van der Waals surface area contributed by atoms with Crippen LogP contribution in [0.3, 0.4) is 0 Å². The number of anilines is 2. The maximum absolute atomic E-state index is 11.8. The van der Waals surface area contributed by atoms with Crippen molar-refractivity contribution in [3.8, 4) is 11.3 Å². The van der Waals surface area contributed by atoms with Gasteiger partial charge in [-0.2, -0.15) is 0 Å². The lowest BCUT2D eigenvalue weighted by atomic mass is 10.1. The van der Waals surface area contributed by atoms with Gasteiger partial charge in [0, 0.05) is 36.1 Å². The Hall–Kier alpha value is -2.14. The van der Waals surface area contributed by atoms with Crippen LogP contribution in [0.15, 0.2) is 42.3 Å². The van der Waals surface area contributed by atoms with Crippen LogP contribution in [0.4, 0.5) is 10.8 Å². The smallest absolute Gasteiger partial charge is 0.227 e. The summed E-state index contributed by atoms with van der Waals surface area (Å²) in [5.41, 5.74) is 2.93. The van der Waals surface area contributed by atoms with Gasteiger partial charge in [-0.05, 0) is 18.6 Å². The van der Waals surface area contributed by atoms with E-state index in [0.717, 1.165) is 35.0 Å². The Morgan fingerprint density at radius 1 is 1.48 bits per heavy atom. The van der Waals surface area contributed by atoms with Crippen molar-refractivity contribution < 1.29 is 4.79 Å². The molecular formula is C16H17N3OS. The molecule has 2 aromatic rings. The molecule has 0 bridgehead atoms. The molecule has 0 saturated carbocycles. The molecule has 4 nitrogen and oxygen atoms in total. The monoisotopic (exact) mass is 299 g/mol. The highest BCUT2D eigenvalue weighted by Gasteiger charge is 2.21. The molecule has 1 saturated heterocycles. The fraction of sp³-hybridized carbons (Fsp3) is 0.250. The molecule has 0 spiro atoms. The van der Waals surface area contributed by atoms with Crippen LogP contribution in [0.5, 0.6) is 0 Å². The average molecular weight is 299 g/mol. The Balaban J connectivity index is 1.83. The topological polar surface area (TPSA) is 45.2 Å². The lowest BCUT2D eigenvalue weighted by Gasteiger charge is -2.16. The molecule has 0 unspecified atom stereocenters. The number of carbonyl (C=O) groups excluding carboxylic acids is 1. The molecule has 1 N–H and O–H groups in total. The molecule has 2 heterocycles. The first-order valence-corrected chi connectivity index (χ1v) is 7.87. The SMILES string of the molecule is C=CCNc1nc(-c2cccc(N3CCCC3=O)c2)cs1. The number of hydrogen-bond donors (Lipinski definition) is 1. The minimum atomic E-state index is 0.207. The zero-order valence-electron chi connectivity index (χ0n) is 11.7. The van der Waals surface area contributed by atoms with Gasteiger partial charge >= 0.3 is 0 Å². The van der Waals surface area contributed by atoms with E-state index in [2.05, 4.69) is 16.9 Å². The number of benzene rings is 1. The third-order valence-electron chi connectivity index (χ3n) is 3.43. The van der Waals surface area contributed by atoms with E-state index in [1.54, 1.807) is 17.4 Å². The van der Waals surface area contributed by atoms with E-state index in [-0.39, 0.29) is 5.91 Å². The molecule has 5 heteroatoms. The molecule has 108 valence electrons. The molecule has 0 aliphatic carbocycles. The Morgan fingerprint density at radius 2 is 2.38 bits per heavy atom. The van der Waals surface area contributed by atoms with Crippen molar-refractivity contribution >= 4 is 28.1 Å². The molecule has 1 aromatic carbocycles. The predicted molar refractivity (Wildman–Crippen MR) is 87.8 cm³/mol. The summed E-state index contributed by atoms with van der Waals surface area (Å²) in [6.07, 6.45) is 3.40. The van der Waals surface area contributed by atoms with Crippen LogP contribution < -0.4 is 10.2 Å². The van der Waals surface area contributed by atoms with Gasteiger partial charge in [0.1, 0.15) is 0 Å². The van der Waals surface area contributed by atoms with Crippen molar-refractivity contribution in [1.82, 2.24) is 4.98 Å². The maximum Gasteiger partial charge on any atom is 0.227 e. The second-order valence-electron chi connectivity index (χ2n) is 4.91. The molecule has 1 aliphatic rings. The quantitative estimate of drug-likeness (QED) is 0.859. The summed E-state index contributed by atoms with van der Waals surface area (Å²) in [6.45, 7) is 5.20. The third-order valence-corrected chi connectivity index (χ3v) is 4.23. The van der Waals surface area contributed by atoms with Crippen LogP contribution in [0.1, 0.15) is 12.8 Å². The highest BCUT2D eigenvalue weighted by Crippen LogP contribution is 2.29. The van der Waals surface area contributed by atoms with Gasteiger partial charge in [0.05, 0.1) is 5.69 Å². The number of hydrogen-bond acceptors (Lipinski definition) is 4. The Bertz CT molecular complexity index is 665. The number of amides is 1. The molecule has 1 amide bonds. The van der Waals surface area contributed by atoms with Gasteiger partial charge in [0.15, 0.2) is 5.13 Å². The summed E-state index contributed by atoms with van der Waals surface area (Å²) in [7, 11) is 0. The first kappa shape index (κ1) is 13.8. The average Bonchev–Trinajstić information content (AvgIpc) is 3.14. The second kappa shape index (κ2) is 6.10. The Kier molecular flexibility index (Phi) is 4.01. The maximum atomic E-state index is 11.8. The molecule has 1 fully saturated rings. The first-order chi connectivity index (χ1) is 10.3. The molecule has 0 atom stereocenters. The fourth-order valence-corrected chi connectivity index (χ4v) is 3.13. The Labute approximate surface area is 128 Å². The van der Waals surface area contributed by atoms with Gasteiger partial charge in [-0.25, -0.2) is 4.98 Å². The lowest BCUT2D eigenvalue weighted by Crippen LogP contribution is -2.23. The summed E-state index contributed by atoms with van der Waals surface area (Å²) in [5, 5.41) is 6.09. The first-order valence-electron chi connectivity index (χ1n) is 6.99. The molecule has 1 aromatic heterocycles. The highest BCUT2D eigenvalue weighted by molar-refractivity contribution is 7.14. The third kappa shape index (κ3) is 2.97. The normalized spacial score (nSPS) is 14.5. The van der Waals surface area contributed by atoms with Crippen LogP contribution in [0.2, 0.25) is 0 Å². The van der Waals surface area contributed by atoms with Crippen molar-refractivity contribution in [3.63, 3.8) is 0 Å². The summed E-state index contributed by atoms with van der Waals surface area (Å²) < 4.78 is 0. The zero-order valence-corrected chi connectivity index (χ0v) is 12.5. The Morgan fingerprint density at radius 3 is 3.14 bits per heavy atom. The van der Waals surface area contributed by atoms with E-state index >= 15 is 0 Å². The van der Waals surface area contributed by atoms with E-state index in [1.807, 2.05) is 34.5 Å². The van der Waals surface area contributed by atoms with E-state index < -0.39 is 0 Å². The van der Waals surface area contributed by atoms with Crippen LogP contribution in [0.25, 0.3) is 11.3 Å². The van der Waals surface area contributed by atoms with Gasteiger partial charge in [-0.3, -0.25) is 4.79 Å². The lowest BCUT2D eigenvalue weighted by molar-refractivity contribution is -0.117. The van der Waals surface area contributed by atoms with Crippen molar-refractivity contribution in [2.24, 2.45) is 0 Å². The van der Waals surface area contributed by atoms with Crippen molar-refractivity contribution in [2.45, 2.75) is 12.8 Å². The summed E-state index contributed by atoms with van der Waals surface area (Å²) in [4.78, 5) is 18.3. The predicted octanol–water partition coefficient (Wildman–Crippen LogP) is 3.53. The minimum Gasteiger partial charge on any atom is -0.358 e. The van der Waals surface area contributed by atoms with Crippen LogP contribution in [0, 0.1) is 0 Å². The van der Waals surface area contributed by atoms with Crippen molar-refractivity contribution in [2.75, 3.05) is 23.3 Å². The van der Waals surface area contributed by atoms with Crippen LogP contribution >= 0.6 is 11.3 Å². The minimum absolute atomic E-state index is 0.207. The van der Waals surface area contributed by atoms with Gasteiger partial charge in [0.25, 0.3) is 0 Å². The van der Waals surface area contributed by atoms with Crippen LogP contribution in [-0.4, -0.2) is 24.0 Å². The summed E-state index contributed by atoms with van der Waals surface area (Å²) in [6, 6.07) is 8.02. The number of nitrogens with one attached hydrogen (secondary N) is 1.